The van der Waals surface area contributed by atoms with Gasteiger partial charge in [-0.25, -0.2) is 9.97 Å². The zero-order valence-corrected chi connectivity index (χ0v) is 15.9. The van der Waals surface area contributed by atoms with Gasteiger partial charge in [-0.2, -0.15) is 0 Å². The molecule has 2 aromatic heterocycles. The van der Waals surface area contributed by atoms with Gasteiger partial charge in [-0.05, 0) is 70.4 Å². The van der Waals surface area contributed by atoms with Crippen LogP contribution in [0.5, 0.6) is 0 Å². The minimum Gasteiger partial charge on any atom is -0.393 e. The van der Waals surface area contributed by atoms with Crippen molar-refractivity contribution >= 4 is 27.4 Å². The highest BCUT2D eigenvalue weighted by molar-refractivity contribution is 7.19. The van der Waals surface area contributed by atoms with Gasteiger partial charge in [0.05, 0.1) is 11.5 Å². The summed E-state index contributed by atoms with van der Waals surface area (Å²) in [6, 6.07) is 1.15. The molecule has 25 heavy (non-hydrogen) atoms. The molecule has 0 saturated heterocycles. The summed E-state index contributed by atoms with van der Waals surface area (Å²) in [7, 11) is 2.06. The summed E-state index contributed by atoms with van der Waals surface area (Å²) >= 11 is 1.81. The van der Waals surface area contributed by atoms with Crippen LogP contribution in [0, 0.1) is 0 Å². The molecule has 5 nitrogen and oxygen atoms in total. The van der Waals surface area contributed by atoms with Crippen molar-refractivity contribution in [1.82, 2.24) is 15.3 Å². The van der Waals surface area contributed by atoms with Crippen LogP contribution in [0.2, 0.25) is 0 Å². The Kier molecular flexibility index (Phi) is 4.93. The summed E-state index contributed by atoms with van der Waals surface area (Å²) in [6.45, 7) is 1.89. The molecule has 2 aliphatic rings. The topological polar surface area (TPSA) is 70.1 Å². The number of nitrogens with one attached hydrogen (secondary N) is 2. The molecule has 0 aromatic carbocycles. The molecule has 2 atom stereocenters. The van der Waals surface area contributed by atoms with E-state index >= 15 is 0 Å². The molecule has 0 radical (unpaired) electrons. The fraction of sp³-hybridized carbons (Fsp3) is 0.684. The second-order valence-corrected chi connectivity index (χ2v) is 8.73. The second kappa shape index (κ2) is 7.17. The Hall–Kier alpha value is -1.24. The molecule has 2 aliphatic carbocycles. The van der Waals surface area contributed by atoms with E-state index in [1.165, 1.54) is 41.5 Å². The van der Waals surface area contributed by atoms with Crippen molar-refractivity contribution in [3.05, 3.63) is 16.8 Å². The van der Waals surface area contributed by atoms with Crippen LogP contribution in [-0.2, 0) is 6.42 Å². The first kappa shape index (κ1) is 17.2. The highest BCUT2D eigenvalue weighted by Gasteiger charge is 2.31. The van der Waals surface area contributed by atoms with Gasteiger partial charge in [0.15, 0.2) is 0 Å². The average molecular weight is 361 g/mol. The molecule has 2 aromatic rings. The maximum atomic E-state index is 9.88. The van der Waals surface area contributed by atoms with E-state index in [1.54, 1.807) is 6.33 Å². The lowest BCUT2D eigenvalue weighted by Gasteiger charge is -2.29. The van der Waals surface area contributed by atoms with E-state index in [4.69, 9.17) is 0 Å². The highest BCUT2D eigenvalue weighted by Crippen LogP contribution is 2.47. The third-order valence-electron chi connectivity index (χ3n) is 5.83. The Labute approximate surface area is 153 Å². The predicted molar refractivity (Wildman–Crippen MR) is 104 cm³/mol. The zero-order valence-electron chi connectivity index (χ0n) is 15.1. The number of rotatable bonds is 5. The van der Waals surface area contributed by atoms with E-state index in [2.05, 4.69) is 27.6 Å². The summed E-state index contributed by atoms with van der Waals surface area (Å²) in [5.74, 6) is 1.45. The third kappa shape index (κ3) is 3.39. The van der Waals surface area contributed by atoms with Crippen molar-refractivity contribution in [3.8, 4) is 0 Å². The molecular weight excluding hydrogens is 332 g/mol. The molecule has 0 unspecified atom stereocenters. The Morgan fingerprint density at radius 3 is 2.68 bits per heavy atom. The van der Waals surface area contributed by atoms with Gasteiger partial charge >= 0.3 is 0 Å². The Bertz CT molecular complexity index is 736. The first-order chi connectivity index (χ1) is 12.2. The number of hydrogen-bond donors (Lipinski definition) is 3. The van der Waals surface area contributed by atoms with Crippen LogP contribution in [0.15, 0.2) is 6.33 Å². The van der Waals surface area contributed by atoms with Gasteiger partial charge in [-0.15, -0.1) is 11.3 Å². The molecule has 0 bridgehead atoms. The summed E-state index contributed by atoms with van der Waals surface area (Å²) in [6.07, 6.45) is 9.32. The van der Waals surface area contributed by atoms with Gasteiger partial charge in [0.1, 0.15) is 17.0 Å². The first-order valence-electron chi connectivity index (χ1n) is 9.53. The predicted octanol–water partition coefficient (Wildman–Crippen LogP) is 3.43. The average Bonchev–Trinajstić information content (AvgIpc) is 3.15. The molecule has 2 heterocycles. The third-order valence-corrected chi connectivity index (χ3v) is 7.01. The highest BCUT2D eigenvalue weighted by atomic mass is 32.1. The lowest BCUT2D eigenvalue weighted by molar-refractivity contribution is 0.174. The maximum absolute atomic E-state index is 9.88. The lowest BCUT2D eigenvalue weighted by Crippen LogP contribution is -2.35. The Morgan fingerprint density at radius 2 is 1.96 bits per heavy atom. The number of fused-ring (bicyclic) bond motifs is 3. The van der Waals surface area contributed by atoms with Gasteiger partial charge in [-0.1, -0.05) is 0 Å². The smallest absolute Gasteiger partial charge is 0.138 e. The van der Waals surface area contributed by atoms with E-state index in [0.717, 1.165) is 29.9 Å². The molecule has 136 valence electrons. The van der Waals surface area contributed by atoms with E-state index in [-0.39, 0.29) is 6.10 Å². The van der Waals surface area contributed by atoms with Gasteiger partial charge in [0.2, 0.25) is 0 Å². The normalized spacial score (nSPS) is 27.4. The van der Waals surface area contributed by atoms with Crippen molar-refractivity contribution in [2.45, 2.75) is 76.0 Å². The van der Waals surface area contributed by atoms with Crippen LogP contribution < -0.4 is 10.6 Å². The molecule has 0 amide bonds. The van der Waals surface area contributed by atoms with Gasteiger partial charge in [0, 0.05) is 17.0 Å². The fourth-order valence-corrected chi connectivity index (χ4v) is 5.79. The van der Waals surface area contributed by atoms with Crippen LogP contribution >= 0.6 is 11.3 Å². The van der Waals surface area contributed by atoms with Crippen LogP contribution in [0.3, 0.4) is 0 Å². The van der Waals surface area contributed by atoms with Crippen molar-refractivity contribution < 1.29 is 5.11 Å². The van der Waals surface area contributed by atoms with E-state index in [1.807, 2.05) is 18.3 Å². The second-order valence-electron chi connectivity index (χ2n) is 7.64. The number of aliphatic hydroxyl groups is 1. The number of thiophene rings is 1. The van der Waals surface area contributed by atoms with Crippen LogP contribution in [-0.4, -0.2) is 40.3 Å². The van der Waals surface area contributed by atoms with Crippen molar-refractivity contribution in [1.29, 1.82) is 0 Å². The number of aromatic nitrogens is 2. The molecule has 3 N–H and O–H groups in total. The largest absolute Gasteiger partial charge is 0.393 e. The summed E-state index contributed by atoms with van der Waals surface area (Å²) in [5.41, 5.74) is 1.41. The number of nitrogens with zero attached hydrogens (tertiary/aromatic N) is 2. The number of aryl methyl sites for hydroxylation is 1. The minimum absolute atomic E-state index is 0.260. The van der Waals surface area contributed by atoms with Crippen molar-refractivity contribution in [2.24, 2.45) is 0 Å². The van der Waals surface area contributed by atoms with Crippen molar-refractivity contribution in [3.63, 3.8) is 0 Å². The molecule has 1 saturated carbocycles. The first-order valence-corrected chi connectivity index (χ1v) is 10.4. The summed E-state index contributed by atoms with van der Waals surface area (Å²) in [4.78, 5) is 11.7. The standard InChI is InChI=1S/C19H28N4OS/c1-11(24)9-12-3-8-15-16(12)17-18(21-10-22-19(17)25-15)23-14-6-4-13(20-2)5-7-14/h10-14,20,24H,3-9H2,1-2H3,(H,21,22,23)/t11-,12-,13?,14?/m1/s1. The molecule has 0 spiro atoms. The maximum Gasteiger partial charge on any atom is 0.138 e. The van der Waals surface area contributed by atoms with Gasteiger partial charge in [-0.3, -0.25) is 0 Å². The Morgan fingerprint density at radius 1 is 1.20 bits per heavy atom. The number of anilines is 1. The molecule has 4 rings (SSSR count). The summed E-state index contributed by atoms with van der Waals surface area (Å²) in [5, 5.41) is 18.2. The van der Waals surface area contributed by atoms with Gasteiger partial charge in [0.25, 0.3) is 0 Å². The van der Waals surface area contributed by atoms with Crippen molar-refractivity contribution in [2.75, 3.05) is 12.4 Å². The number of hydrogen-bond acceptors (Lipinski definition) is 6. The quantitative estimate of drug-likeness (QED) is 0.762. The van der Waals surface area contributed by atoms with E-state index in [9.17, 15) is 5.11 Å². The van der Waals surface area contributed by atoms with Crippen LogP contribution in [0.4, 0.5) is 5.82 Å². The molecular formula is C19H28N4OS. The molecule has 0 aliphatic heterocycles. The SMILES string of the molecule is CNC1CCC(Nc2ncnc3sc4c(c23)[C@@H](C[C@@H](C)O)CC4)CC1. The lowest BCUT2D eigenvalue weighted by atomic mass is 9.91. The Balaban J connectivity index is 1.62. The monoisotopic (exact) mass is 360 g/mol. The van der Waals surface area contributed by atoms with E-state index < -0.39 is 0 Å². The van der Waals surface area contributed by atoms with Crippen LogP contribution in [0.25, 0.3) is 10.2 Å². The summed E-state index contributed by atoms with van der Waals surface area (Å²) < 4.78 is 0. The number of aliphatic hydroxyl groups excluding tert-OH is 1. The van der Waals surface area contributed by atoms with E-state index in [0.29, 0.717) is 18.0 Å². The molecule has 6 heteroatoms. The minimum atomic E-state index is -0.260. The molecule has 1 fully saturated rings. The van der Waals surface area contributed by atoms with Gasteiger partial charge < -0.3 is 15.7 Å². The van der Waals surface area contributed by atoms with Crippen LogP contribution in [0.1, 0.15) is 61.8 Å². The zero-order chi connectivity index (χ0) is 17.4. The fourth-order valence-electron chi connectivity index (χ4n) is 4.54.